The number of rotatable bonds is 4. The topological polar surface area (TPSA) is 63.5 Å². The highest BCUT2D eigenvalue weighted by atomic mass is 35.5. The first-order chi connectivity index (χ1) is 8.40. The minimum atomic E-state index is -0.595. The van der Waals surface area contributed by atoms with E-state index in [1.54, 1.807) is 7.05 Å². The van der Waals surface area contributed by atoms with Crippen LogP contribution in [0.3, 0.4) is 0 Å². The standard InChI is InChI=1S/C12H15ClN2O3/c1-4-8(2)14(3)12(16)9-6-5-7-10(11(9)13)15(17)18/h5-8H,4H2,1-3H3. The summed E-state index contributed by atoms with van der Waals surface area (Å²) in [5.74, 6) is -0.307. The van der Waals surface area contributed by atoms with Crippen molar-refractivity contribution in [1.82, 2.24) is 4.90 Å². The molecule has 0 saturated heterocycles. The second-order valence-electron chi connectivity index (χ2n) is 4.07. The molecule has 0 aliphatic carbocycles. The first kappa shape index (κ1) is 14.4. The molecule has 1 aromatic carbocycles. The molecule has 0 bridgehead atoms. The summed E-state index contributed by atoms with van der Waals surface area (Å²) in [5, 5.41) is 10.6. The average Bonchev–Trinajstić information content (AvgIpc) is 2.36. The van der Waals surface area contributed by atoms with E-state index in [0.29, 0.717) is 0 Å². The van der Waals surface area contributed by atoms with Crippen molar-refractivity contribution in [3.63, 3.8) is 0 Å². The minimum absolute atomic E-state index is 0.0489. The normalized spacial score (nSPS) is 12.0. The fraction of sp³-hybridized carbons (Fsp3) is 0.417. The summed E-state index contributed by atoms with van der Waals surface area (Å²) in [5.41, 5.74) is -0.0891. The molecule has 98 valence electrons. The molecule has 6 heteroatoms. The average molecular weight is 271 g/mol. The Kier molecular flexibility index (Phi) is 4.67. The van der Waals surface area contributed by atoms with Crippen molar-refractivity contribution < 1.29 is 9.72 Å². The Hall–Kier alpha value is -1.62. The minimum Gasteiger partial charge on any atom is -0.339 e. The summed E-state index contributed by atoms with van der Waals surface area (Å²) >= 11 is 5.90. The van der Waals surface area contributed by atoms with Gasteiger partial charge in [-0.3, -0.25) is 14.9 Å². The number of nitrogens with zero attached hydrogens (tertiary/aromatic N) is 2. The molecule has 0 aliphatic rings. The van der Waals surface area contributed by atoms with Gasteiger partial charge in [0.25, 0.3) is 11.6 Å². The van der Waals surface area contributed by atoms with Crippen molar-refractivity contribution in [2.45, 2.75) is 26.3 Å². The van der Waals surface area contributed by atoms with Crippen LogP contribution in [0.2, 0.25) is 5.02 Å². The SMILES string of the molecule is CCC(C)N(C)C(=O)c1cccc([N+](=O)[O-])c1Cl. The Labute approximate surface area is 110 Å². The molecule has 1 aromatic rings. The van der Waals surface area contributed by atoms with Crippen molar-refractivity contribution in [3.8, 4) is 0 Å². The smallest absolute Gasteiger partial charge is 0.288 e. The molecule has 0 N–H and O–H groups in total. The number of nitro benzene ring substituents is 1. The van der Waals surface area contributed by atoms with Crippen molar-refractivity contribution in [2.75, 3.05) is 7.05 Å². The van der Waals surface area contributed by atoms with Gasteiger partial charge in [-0.05, 0) is 19.4 Å². The molecule has 0 aromatic heterocycles. The van der Waals surface area contributed by atoms with Crippen LogP contribution < -0.4 is 0 Å². The molecule has 1 atom stereocenters. The second-order valence-corrected chi connectivity index (χ2v) is 4.45. The summed E-state index contributed by atoms with van der Waals surface area (Å²) in [7, 11) is 1.66. The third kappa shape index (κ3) is 2.79. The van der Waals surface area contributed by atoms with E-state index in [4.69, 9.17) is 11.6 Å². The van der Waals surface area contributed by atoms with Crippen molar-refractivity contribution >= 4 is 23.2 Å². The van der Waals surface area contributed by atoms with Crippen LogP contribution in [0.4, 0.5) is 5.69 Å². The Morgan fingerprint density at radius 3 is 2.67 bits per heavy atom. The number of hydrogen-bond acceptors (Lipinski definition) is 3. The highest BCUT2D eigenvalue weighted by Crippen LogP contribution is 2.28. The molecule has 0 spiro atoms. The van der Waals surface area contributed by atoms with Crippen LogP contribution >= 0.6 is 11.6 Å². The van der Waals surface area contributed by atoms with Crippen LogP contribution in [0, 0.1) is 10.1 Å². The highest BCUT2D eigenvalue weighted by Gasteiger charge is 2.23. The molecule has 0 saturated carbocycles. The Bertz CT molecular complexity index is 476. The highest BCUT2D eigenvalue weighted by molar-refractivity contribution is 6.35. The number of amides is 1. The zero-order valence-corrected chi connectivity index (χ0v) is 11.3. The van der Waals surface area contributed by atoms with E-state index in [2.05, 4.69) is 0 Å². The van der Waals surface area contributed by atoms with Gasteiger partial charge in [0.2, 0.25) is 0 Å². The molecule has 5 nitrogen and oxygen atoms in total. The third-order valence-electron chi connectivity index (χ3n) is 2.98. The lowest BCUT2D eigenvalue weighted by atomic mass is 10.1. The van der Waals surface area contributed by atoms with Crippen LogP contribution in [0.1, 0.15) is 30.6 Å². The van der Waals surface area contributed by atoms with Crippen LogP contribution in [-0.2, 0) is 0 Å². The van der Waals surface area contributed by atoms with E-state index in [1.165, 1.54) is 23.1 Å². The van der Waals surface area contributed by atoms with Crippen molar-refractivity contribution in [2.24, 2.45) is 0 Å². The second kappa shape index (κ2) is 5.82. The zero-order chi connectivity index (χ0) is 13.9. The first-order valence-electron chi connectivity index (χ1n) is 5.60. The van der Waals surface area contributed by atoms with Crippen LogP contribution in [0.25, 0.3) is 0 Å². The molecule has 18 heavy (non-hydrogen) atoms. The summed E-state index contributed by atoms with van der Waals surface area (Å²) in [6.45, 7) is 3.87. The predicted molar refractivity (Wildman–Crippen MR) is 70.0 cm³/mol. The summed E-state index contributed by atoms with van der Waals surface area (Å²) in [6, 6.07) is 4.29. The summed E-state index contributed by atoms with van der Waals surface area (Å²) in [6.07, 6.45) is 0.800. The molecule has 1 rings (SSSR count). The maximum atomic E-state index is 12.2. The van der Waals surface area contributed by atoms with Gasteiger partial charge >= 0.3 is 0 Å². The van der Waals surface area contributed by atoms with E-state index < -0.39 is 4.92 Å². The lowest BCUT2D eigenvalue weighted by Crippen LogP contribution is -2.34. The number of halogens is 1. The molecule has 0 heterocycles. The summed E-state index contributed by atoms with van der Waals surface area (Å²) < 4.78 is 0. The lowest BCUT2D eigenvalue weighted by molar-refractivity contribution is -0.384. The monoisotopic (exact) mass is 270 g/mol. The zero-order valence-electron chi connectivity index (χ0n) is 10.5. The van der Waals surface area contributed by atoms with Gasteiger partial charge in [-0.1, -0.05) is 24.6 Å². The Morgan fingerprint density at radius 1 is 1.56 bits per heavy atom. The van der Waals surface area contributed by atoms with E-state index in [-0.39, 0.29) is 28.2 Å². The largest absolute Gasteiger partial charge is 0.339 e. The van der Waals surface area contributed by atoms with Gasteiger partial charge < -0.3 is 4.90 Å². The number of hydrogen-bond donors (Lipinski definition) is 0. The predicted octanol–water partition coefficient (Wildman–Crippen LogP) is 3.12. The van der Waals surface area contributed by atoms with Gasteiger partial charge in [0.15, 0.2) is 0 Å². The summed E-state index contributed by atoms with van der Waals surface area (Å²) in [4.78, 5) is 23.9. The van der Waals surface area contributed by atoms with Gasteiger partial charge in [-0.25, -0.2) is 0 Å². The number of carbonyl (C=O) groups is 1. The Morgan fingerprint density at radius 2 is 2.17 bits per heavy atom. The van der Waals surface area contributed by atoms with Crippen molar-refractivity contribution in [1.29, 1.82) is 0 Å². The van der Waals surface area contributed by atoms with Crippen molar-refractivity contribution in [3.05, 3.63) is 38.9 Å². The molecule has 0 radical (unpaired) electrons. The molecule has 1 amide bonds. The number of nitro groups is 1. The third-order valence-corrected chi connectivity index (χ3v) is 3.37. The van der Waals surface area contributed by atoms with E-state index in [1.807, 2.05) is 13.8 Å². The van der Waals surface area contributed by atoms with Gasteiger partial charge in [0, 0.05) is 19.2 Å². The molecular formula is C12H15ClN2O3. The lowest BCUT2D eigenvalue weighted by Gasteiger charge is -2.24. The van der Waals surface area contributed by atoms with Crippen LogP contribution in [0.15, 0.2) is 18.2 Å². The maximum absolute atomic E-state index is 12.2. The van der Waals surface area contributed by atoms with Gasteiger partial charge in [-0.15, -0.1) is 0 Å². The molecular weight excluding hydrogens is 256 g/mol. The Balaban J connectivity index is 3.14. The van der Waals surface area contributed by atoms with E-state index >= 15 is 0 Å². The number of benzene rings is 1. The first-order valence-corrected chi connectivity index (χ1v) is 5.98. The van der Waals surface area contributed by atoms with Gasteiger partial charge in [-0.2, -0.15) is 0 Å². The van der Waals surface area contributed by atoms with Crippen LogP contribution in [0.5, 0.6) is 0 Å². The number of carbonyl (C=O) groups excluding carboxylic acids is 1. The maximum Gasteiger partial charge on any atom is 0.288 e. The van der Waals surface area contributed by atoms with E-state index in [9.17, 15) is 14.9 Å². The quantitative estimate of drug-likeness (QED) is 0.624. The van der Waals surface area contributed by atoms with Gasteiger partial charge in [0.05, 0.1) is 10.5 Å². The fourth-order valence-corrected chi connectivity index (χ4v) is 1.77. The van der Waals surface area contributed by atoms with E-state index in [0.717, 1.165) is 6.42 Å². The fourth-order valence-electron chi connectivity index (χ4n) is 1.49. The molecule has 0 aliphatic heterocycles. The van der Waals surface area contributed by atoms with Crippen LogP contribution in [-0.4, -0.2) is 28.8 Å². The molecule has 1 unspecified atom stereocenters. The van der Waals surface area contributed by atoms with Gasteiger partial charge in [0.1, 0.15) is 5.02 Å². The molecule has 0 fully saturated rings.